The second-order valence-corrected chi connectivity index (χ2v) is 7.07. The van der Waals surface area contributed by atoms with Crippen LogP contribution in [-0.4, -0.2) is 9.97 Å². The van der Waals surface area contributed by atoms with E-state index in [1.807, 2.05) is 25.1 Å². The fourth-order valence-electron chi connectivity index (χ4n) is 1.57. The number of benzene rings is 1. The Labute approximate surface area is 117 Å². The third-order valence-corrected chi connectivity index (χ3v) is 5.70. The first-order chi connectivity index (χ1) is 8.70. The van der Waals surface area contributed by atoms with Crippen molar-refractivity contribution < 1.29 is 0 Å². The van der Waals surface area contributed by atoms with E-state index in [0.717, 1.165) is 36.7 Å². The van der Waals surface area contributed by atoms with E-state index in [4.69, 9.17) is 5.73 Å². The van der Waals surface area contributed by atoms with E-state index in [9.17, 15) is 0 Å². The van der Waals surface area contributed by atoms with Crippen molar-refractivity contribution in [1.29, 1.82) is 0 Å². The van der Waals surface area contributed by atoms with Gasteiger partial charge in [-0.05, 0) is 25.1 Å². The first-order valence-electron chi connectivity index (χ1n) is 5.40. The van der Waals surface area contributed by atoms with Gasteiger partial charge in [-0.25, -0.2) is 9.97 Å². The van der Waals surface area contributed by atoms with E-state index in [0.29, 0.717) is 0 Å². The zero-order valence-corrected chi connectivity index (χ0v) is 12.2. The SMILES string of the molecule is Cc1csc(CSc2nc3ccc(N)cc3s2)n1. The van der Waals surface area contributed by atoms with Gasteiger partial charge in [-0.15, -0.1) is 22.7 Å². The lowest BCUT2D eigenvalue weighted by atomic mass is 10.3. The highest BCUT2D eigenvalue weighted by Crippen LogP contribution is 2.32. The highest BCUT2D eigenvalue weighted by Gasteiger charge is 2.06. The molecule has 18 heavy (non-hydrogen) atoms. The lowest BCUT2D eigenvalue weighted by Crippen LogP contribution is -1.81. The summed E-state index contributed by atoms with van der Waals surface area (Å²) in [4.78, 5) is 9.03. The minimum atomic E-state index is 0.790. The molecule has 0 saturated carbocycles. The van der Waals surface area contributed by atoms with Crippen LogP contribution in [0, 0.1) is 6.92 Å². The largest absolute Gasteiger partial charge is 0.399 e. The average Bonchev–Trinajstić information content (AvgIpc) is 2.92. The summed E-state index contributed by atoms with van der Waals surface area (Å²) in [6.07, 6.45) is 0. The van der Waals surface area contributed by atoms with Crippen LogP contribution in [0.15, 0.2) is 27.9 Å². The maximum atomic E-state index is 5.76. The predicted molar refractivity (Wildman–Crippen MR) is 80.4 cm³/mol. The van der Waals surface area contributed by atoms with Gasteiger partial charge >= 0.3 is 0 Å². The second-order valence-electron chi connectivity index (χ2n) is 3.88. The molecular formula is C12H11N3S3. The number of hydrogen-bond donors (Lipinski definition) is 1. The third kappa shape index (κ3) is 2.50. The van der Waals surface area contributed by atoms with Crippen molar-refractivity contribution in [3.8, 4) is 0 Å². The van der Waals surface area contributed by atoms with Crippen molar-refractivity contribution in [2.24, 2.45) is 0 Å². The molecule has 3 aromatic rings. The smallest absolute Gasteiger partial charge is 0.151 e. The number of fused-ring (bicyclic) bond motifs is 1. The van der Waals surface area contributed by atoms with Crippen LogP contribution in [0.1, 0.15) is 10.7 Å². The zero-order chi connectivity index (χ0) is 12.5. The number of aromatic nitrogens is 2. The summed E-state index contributed by atoms with van der Waals surface area (Å²) in [5.74, 6) is 0.883. The molecule has 0 unspecified atom stereocenters. The van der Waals surface area contributed by atoms with Crippen LogP contribution in [0.4, 0.5) is 5.69 Å². The Kier molecular flexibility index (Phi) is 3.23. The van der Waals surface area contributed by atoms with Gasteiger partial charge < -0.3 is 5.73 Å². The number of hydrogen-bond acceptors (Lipinski definition) is 6. The first kappa shape index (κ1) is 12.0. The maximum absolute atomic E-state index is 5.76. The molecule has 3 nitrogen and oxygen atoms in total. The van der Waals surface area contributed by atoms with Crippen LogP contribution >= 0.6 is 34.4 Å². The summed E-state index contributed by atoms with van der Waals surface area (Å²) in [7, 11) is 0. The number of nitrogens with two attached hydrogens (primary N) is 1. The summed E-state index contributed by atoms with van der Waals surface area (Å²) in [5, 5.41) is 3.23. The lowest BCUT2D eigenvalue weighted by Gasteiger charge is -1.91. The van der Waals surface area contributed by atoms with Crippen molar-refractivity contribution in [2.75, 3.05) is 5.73 Å². The van der Waals surface area contributed by atoms with Gasteiger partial charge in [-0.2, -0.15) is 0 Å². The zero-order valence-electron chi connectivity index (χ0n) is 9.71. The standard InChI is InChI=1S/C12H11N3S3/c1-7-5-16-11(14-7)6-17-12-15-9-3-2-8(13)4-10(9)18-12/h2-5H,6,13H2,1H3. The molecular weight excluding hydrogens is 282 g/mol. The molecule has 1 aromatic carbocycles. The third-order valence-electron chi connectivity index (χ3n) is 2.38. The first-order valence-corrected chi connectivity index (χ1v) is 8.09. The van der Waals surface area contributed by atoms with Gasteiger partial charge in [0.05, 0.1) is 16.0 Å². The predicted octanol–water partition coefficient (Wildman–Crippen LogP) is 3.94. The number of nitrogens with zero attached hydrogens (tertiary/aromatic N) is 2. The normalized spacial score (nSPS) is 11.2. The Morgan fingerprint density at radius 1 is 1.33 bits per heavy atom. The molecule has 0 bridgehead atoms. The molecule has 3 rings (SSSR count). The monoisotopic (exact) mass is 293 g/mol. The van der Waals surface area contributed by atoms with Gasteiger partial charge in [0, 0.05) is 16.8 Å². The number of thioether (sulfide) groups is 1. The average molecular weight is 293 g/mol. The second kappa shape index (κ2) is 4.87. The van der Waals surface area contributed by atoms with Gasteiger partial charge in [0.1, 0.15) is 5.01 Å². The van der Waals surface area contributed by atoms with Crippen LogP contribution in [0.3, 0.4) is 0 Å². The number of anilines is 1. The molecule has 0 spiro atoms. The molecule has 92 valence electrons. The number of thiazole rings is 2. The molecule has 0 radical (unpaired) electrons. The lowest BCUT2D eigenvalue weighted by molar-refractivity contribution is 1.18. The van der Waals surface area contributed by atoms with E-state index in [1.54, 1.807) is 34.4 Å². The molecule has 0 fully saturated rings. The number of nitrogen functional groups attached to an aromatic ring is 1. The Hall–Kier alpha value is -1.11. The highest BCUT2D eigenvalue weighted by molar-refractivity contribution is 8.00. The molecule has 2 heterocycles. The van der Waals surface area contributed by atoms with Gasteiger partial charge in [-0.1, -0.05) is 11.8 Å². The van der Waals surface area contributed by atoms with E-state index in [2.05, 4.69) is 15.3 Å². The topological polar surface area (TPSA) is 51.8 Å². The van der Waals surface area contributed by atoms with Crippen molar-refractivity contribution in [1.82, 2.24) is 9.97 Å². The Morgan fingerprint density at radius 2 is 2.22 bits per heavy atom. The maximum Gasteiger partial charge on any atom is 0.151 e. The Bertz CT molecular complexity index is 687. The van der Waals surface area contributed by atoms with E-state index in [-0.39, 0.29) is 0 Å². The van der Waals surface area contributed by atoms with Crippen LogP contribution in [0.25, 0.3) is 10.2 Å². The number of rotatable bonds is 3. The minimum Gasteiger partial charge on any atom is -0.399 e. The van der Waals surface area contributed by atoms with Crippen molar-refractivity contribution >= 4 is 50.3 Å². The molecule has 2 aromatic heterocycles. The summed E-state index contributed by atoms with van der Waals surface area (Å²) < 4.78 is 2.22. The summed E-state index contributed by atoms with van der Waals surface area (Å²) >= 11 is 5.12. The van der Waals surface area contributed by atoms with Crippen LogP contribution < -0.4 is 5.73 Å². The highest BCUT2D eigenvalue weighted by atomic mass is 32.2. The Balaban J connectivity index is 1.78. The molecule has 0 saturated heterocycles. The molecule has 2 N–H and O–H groups in total. The molecule has 0 aliphatic heterocycles. The van der Waals surface area contributed by atoms with E-state index < -0.39 is 0 Å². The number of aryl methyl sites for hydroxylation is 1. The van der Waals surface area contributed by atoms with E-state index in [1.165, 1.54) is 0 Å². The van der Waals surface area contributed by atoms with Crippen LogP contribution in [-0.2, 0) is 5.75 Å². The van der Waals surface area contributed by atoms with Gasteiger partial charge in [0.25, 0.3) is 0 Å². The van der Waals surface area contributed by atoms with Crippen molar-refractivity contribution in [2.45, 2.75) is 17.0 Å². The summed E-state index contributed by atoms with van der Waals surface area (Å²) in [5.41, 5.74) is 8.67. The molecule has 0 aliphatic carbocycles. The summed E-state index contributed by atoms with van der Waals surface area (Å²) in [6, 6.07) is 5.84. The molecule has 6 heteroatoms. The Morgan fingerprint density at radius 3 is 3.00 bits per heavy atom. The molecule has 0 amide bonds. The van der Waals surface area contributed by atoms with Crippen molar-refractivity contribution in [3.63, 3.8) is 0 Å². The minimum absolute atomic E-state index is 0.790. The molecule has 0 aliphatic rings. The van der Waals surface area contributed by atoms with Gasteiger partial charge in [-0.3, -0.25) is 0 Å². The van der Waals surface area contributed by atoms with Gasteiger partial charge in [0.15, 0.2) is 4.34 Å². The molecule has 0 atom stereocenters. The van der Waals surface area contributed by atoms with Crippen molar-refractivity contribution in [3.05, 3.63) is 34.3 Å². The fraction of sp³-hybridized carbons (Fsp3) is 0.167. The van der Waals surface area contributed by atoms with E-state index >= 15 is 0 Å². The van der Waals surface area contributed by atoms with Crippen LogP contribution in [0.5, 0.6) is 0 Å². The summed E-state index contributed by atoms with van der Waals surface area (Å²) in [6.45, 7) is 2.02. The van der Waals surface area contributed by atoms with Crippen LogP contribution in [0.2, 0.25) is 0 Å². The fourth-order valence-corrected chi connectivity index (χ4v) is 4.48. The van der Waals surface area contributed by atoms with Gasteiger partial charge in [0.2, 0.25) is 0 Å². The quantitative estimate of drug-likeness (QED) is 0.587.